The Morgan fingerprint density at radius 3 is 0.913 bits per heavy atom. The number of hydrogen-bond acceptors (Lipinski definition) is 6. The van der Waals surface area contributed by atoms with Gasteiger partial charge in [-0.15, -0.1) is 0 Å². The molecule has 1 unspecified atom stereocenters. The molecule has 1 atom stereocenters. The van der Waals surface area contributed by atoms with Gasteiger partial charge in [0, 0.05) is 19.3 Å². The second-order valence-corrected chi connectivity index (χ2v) is 19.5. The van der Waals surface area contributed by atoms with Crippen molar-refractivity contribution in [3.63, 3.8) is 0 Å². The first kappa shape index (κ1) is 65.8. The van der Waals surface area contributed by atoms with Crippen molar-refractivity contribution in [1.29, 1.82) is 0 Å². The smallest absolute Gasteiger partial charge is 0.306 e. The van der Waals surface area contributed by atoms with Crippen molar-refractivity contribution in [3.05, 3.63) is 72.9 Å². The topological polar surface area (TPSA) is 78.9 Å². The minimum absolute atomic E-state index is 0.0872. The zero-order chi connectivity index (χ0) is 50.0. The lowest BCUT2D eigenvalue weighted by molar-refractivity contribution is -0.167. The Morgan fingerprint density at radius 1 is 0.304 bits per heavy atom. The molecular formula is C63H110O6. The average molecular weight is 964 g/mol. The van der Waals surface area contributed by atoms with Crippen LogP contribution in [0.25, 0.3) is 0 Å². The van der Waals surface area contributed by atoms with Gasteiger partial charge in [0.2, 0.25) is 0 Å². The number of carbonyl (C=O) groups is 3. The highest BCUT2D eigenvalue weighted by Gasteiger charge is 2.19. The molecule has 0 radical (unpaired) electrons. The van der Waals surface area contributed by atoms with Crippen LogP contribution in [-0.4, -0.2) is 37.2 Å². The number of rotatable bonds is 53. The average Bonchev–Trinajstić information content (AvgIpc) is 3.35. The fourth-order valence-electron chi connectivity index (χ4n) is 8.29. The van der Waals surface area contributed by atoms with E-state index in [2.05, 4.69) is 93.7 Å². The van der Waals surface area contributed by atoms with E-state index in [1.54, 1.807) is 0 Å². The zero-order valence-electron chi connectivity index (χ0n) is 45.6. The molecule has 0 aromatic rings. The summed E-state index contributed by atoms with van der Waals surface area (Å²) in [6.45, 7) is 6.50. The number of unbranched alkanes of at least 4 members (excludes halogenated alkanes) is 30. The van der Waals surface area contributed by atoms with E-state index in [1.165, 1.54) is 154 Å². The molecule has 0 saturated carbocycles. The van der Waals surface area contributed by atoms with E-state index in [0.717, 1.165) is 96.3 Å². The van der Waals surface area contributed by atoms with Gasteiger partial charge in [0.05, 0.1) is 0 Å². The van der Waals surface area contributed by atoms with Gasteiger partial charge in [-0.3, -0.25) is 14.4 Å². The molecule has 398 valence electrons. The third-order valence-corrected chi connectivity index (χ3v) is 12.7. The van der Waals surface area contributed by atoms with E-state index in [-0.39, 0.29) is 31.1 Å². The van der Waals surface area contributed by atoms with E-state index in [9.17, 15) is 14.4 Å². The van der Waals surface area contributed by atoms with Gasteiger partial charge in [0.25, 0.3) is 0 Å². The van der Waals surface area contributed by atoms with E-state index in [4.69, 9.17) is 14.2 Å². The highest BCUT2D eigenvalue weighted by atomic mass is 16.6. The molecule has 69 heavy (non-hydrogen) atoms. The molecule has 0 heterocycles. The predicted molar refractivity (Wildman–Crippen MR) is 298 cm³/mol. The van der Waals surface area contributed by atoms with E-state index < -0.39 is 6.10 Å². The molecule has 0 saturated heterocycles. The van der Waals surface area contributed by atoms with Crippen LogP contribution in [0.4, 0.5) is 0 Å². The number of allylic oxidation sites excluding steroid dienone is 12. The van der Waals surface area contributed by atoms with E-state index in [0.29, 0.717) is 19.3 Å². The van der Waals surface area contributed by atoms with Gasteiger partial charge in [0.1, 0.15) is 13.2 Å². The SMILES string of the molecule is CC/C=C\C/C=C\C/C=C\C/C=C\C/C=C\CCCCCC(=O)OC(COC(=O)CCCCCCCCCCC)COC(=O)CCCCCCCCCCCCC/C=C\CCCCCCCCCC. The fourth-order valence-corrected chi connectivity index (χ4v) is 8.29. The fraction of sp³-hybridized carbons (Fsp3) is 0.762. The van der Waals surface area contributed by atoms with Gasteiger partial charge in [0.15, 0.2) is 6.10 Å². The van der Waals surface area contributed by atoms with Crippen molar-refractivity contribution in [1.82, 2.24) is 0 Å². The van der Waals surface area contributed by atoms with Crippen molar-refractivity contribution in [2.24, 2.45) is 0 Å². The van der Waals surface area contributed by atoms with Gasteiger partial charge in [-0.2, -0.15) is 0 Å². The Bertz CT molecular complexity index is 1290. The van der Waals surface area contributed by atoms with Crippen molar-refractivity contribution in [3.8, 4) is 0 Å². The molecule has 6 heteroatoms. The maximum atomic E-state index is 12.8. The lowest BCUT2D eigenvalue weighted by Gasteiger charge is -2.18. The third kappa shape index (κ3) is 55.6. The maximum Gasteiger partial charge on any atom is 0.306 e. The highest BCUT2D eigenvalue weighted by Crippen LogP contribution is 2.16. The van der Waals surface area contributed by atoms with Crippen LogP contribution in [0.15, 0.2) is 72.9 Å². The van der Waals surface area contributed by atoms with Crippen molar-refractivity contribution >= 4 is 17.9 Å². The number of hydrogen-bond donors (Lipinski definition) is 0. The summed E-state index contributed by atoms with van der Waals surface area (Å²) in [5.41, 5.74) is 0. The summed E-state index contributed by atoms with van der Waals surface area (Å²) >= 11 is 0. The maximum absolute atomic E-state index is 12.8. The molecule has 0 fully saturated rings. The Labute approximate surface area is 427 Å². The molecule has 0 bridgehead atoms. The molecule has 6 nitrogen and oxygen atoms in total. The van der Waals surface area contributed by atoms with Crippen LogP contribution in [-0.2, 0) is 28.6 Å². The monoisotopic (exact) mass is 963 g/mol. The summed E-state index contributed by atoms with van der Waals surface area (Å²) < 4.78 is 16.8. The van der Waals surface area contributed by atoms with Crippen LogP contribution in [0.3, 0.4) is 0 Å². The summed E-state index contributed by atoms with van der Waals surface area (Å²) in [5.74, 6) is -0.915. The van der Waals surface area contributed by atoms with Gasteiger partial charge in [-0.05, 0) is 89.9 Å². The molecule has 0 amide bonds. The van der Waals surface area contributed by atoms with E-state index in [1.807, 2.05) is 0 Å². The molecule has 0 rings (SSSR count). The van der Waals surface area contributed by atoms with Crippen molar-refractivity contribution in [2.75, 3.05) is 13.2 Å². The molecule has 0 aromatic heterocycles. The third-order valence-electron chi connectivity index (χ3n) is 12.7. The number of ether oxygens (including phenoxy) is 3. The summed E-state index contributed by atoms with van der Waals surface area (Å²) in [6, 6.07) is 0. The zero-order valence-corrected chi connectivity index (χ0v) is 45.6. The summed E-state index contributed by atoms with van der Waals surface area (Å²) in [4.78, 5) is 38.1. The molecule has 0 aliphatic carbocycles. The Balaban J connectivity index is 4.29. The predicted octanol–water partition coefficient (Wildman–Crippen LogP) is 19.8. The quantitative estimate of drug-likeness (QED) is 0.0262. The molecule has 0 aliphatic rings. The normalized spacial score (nSPS) is 12.6. The van der Waals surface area contributed by atoms with Crippen molar-refractivity contribution < 1.29 is 28.6 Å². The van der Waals surface area contributed by atoms with Gasteiger partial charge in [-0.25, -0.2) is 0 Å². The van der Waals surface area contributed by atoms with Crippen LogP contribution in [0.1, 0.15) is 290 Å². The molecule has 0 spiro atoms. The largest absolute Gasteiger partial charge is 0.462 e. The Hall–Kier alpha value is -3.15. The molecule has 0 aliphatic heterocycles. The summed E-state index contributed by atoms with van der Waals surface area (Å²) in [6.07, 6.45) is 73.4. The minimum atomic E-state index is -0.791. The highest BCUT2D eigenvalue weighted by molar-refractivity contribution is 5.71. The first-order valence-corrected chi connectivity index (χ1v) is 29.4. The lowest BCUT2D eigenvalue weighted by Crippen LogP contribution is -2.30. The van der Waals surface area contributed by atoms with Crippen LogP contribution >= 0.6 is 0 Å². The first-order valence-electron chi connectivity index (χ1n) is 29.4. The van der Waals surface area contributed by atoms with Crippen LogP contribution in [0.2, 0.25) is 0 Å². The van der Waals surface area contributed by atoms with Crippen molar-refractivity contribution in [2.45, 2.75) is 297 Å². The standard InChI is InChI=1S/C63H110O6/c1-4-7-10-13-16-19-21-23-25-27-29-30-31-32-34-35-37-39-41-44-47-50-53-56-62(65)68-59-60(58-67-61(64)55-52-49-46-43-18-15-12-9-6-3)69-63(66)57-54-51-48-45-42-40-38-36-33-28-26-24-22-20-17-14-11-8-5-2/h8,11,17,20,24,26-27,29,33,36,40,42,60H,4-7,9-10,12-16,18-19,21-23,25,28,30-32,34-35,37-39,41,43-59H2,1-3H3/b11-8-,20-17-,26-24-,29-27-,36-33-,42-40-. The minimum Gasteiger partial charge on any atom is -0.462 e. The van der Waals surface area contributed by atoms with Crippen LogP contribution in [0, 0.1) is 0 Å². The second kappa shape index (κ2) is 57.4. The Kier molecular flexibility index (Phi) is 54.8. The summed E-state index contributed by atoms with van der Waals surface area (Å²) in [7, 11) is 0. The molecule has 0 aromatic carbocycles. The number of esters is 3. The van der Waals surface area contributed by atoms with Gasteiger partial charge in [-0.1, -0.05) is 254 Å². The Morgan fingerprint density at radius 2 is 0.565 bits per heavy atom. The number of carbonyl (C=O) groups excluding carboxylic acids is 3. The van der Waals surface area contributed by atoms with E-state index >= 15 is 0 Å². The van der Waals surface area contributed by atoms with Gasteiger partial charge < -0.3 is 14.2 Å². The molecular weight excluding hydrogens is 853 g/mol. The van der Waals surface area contributed by atoms with Gasteiger partial charge >= 0.3 is 17.9 Å². The summed E-state index contributed by atoms with van der Waals surface area (Å²) in [5, 5.41) is 0. The molecule has 0 N–H and O–H groups in total. The van der Waals surface area contributed by atoms with Crippen LogP contribution in [0.5, 0.6) is 0 Å². The lowest BCUT2D eigenvalue weighted by atomic mass is 10.0. The first-order chi connectivity index (χ1) is 34.0. The van der Waals surface area contributed by atoms with Crippen LogP contribution < -0.4 is 0 Å². The second-order valence-electron chi connectivity index (χ2n) is 19.5.